The molecule has 5 nitrogen and oxygen atoms in total. The summed E-state index contributed by atoms with van der Waals surface area (Å²) in [6.45, 7) is 1.76. The van der Waals surface area contributed by atoms with Crippen molar-refractivity contribution in [1.82, 2.24) is 5.32 Å². The number of nitrogens with one attached hydrogen (secondary N) is 2. The Morgan fingerprint density at radius 1 is 1.04 bits per heavy atom. The molecule has 0 spiro atoms. The minimum absolute atomic E-state index is 0.365. The summed E-state index contributed by atoms with van der Waals surface area (Å²) in [5.41, 5.74) is 2.93. The van der Waals surface area contributed by atoms with Gasteiger partial charge in [-0.25, -0.2) is 0 Å². The number of anilines is 3. The standard InChI is InChI=1S/C16H15N3O2S2/c20-23(21)15-10-17-8-9-19(15)12-5-3-7-14-16(12)18-11-4-1-2-6-13(11)22-14/h1-7,17-18H,8-10H2. The van der Waals surface area contributed by atoms with E-state index >= 15 is 0 Å². The summed E-state index contributed by atoms with van der Waals surface area (Å²) in [5, 5.41) is 6.58. The van der Waals surface area contributed by atoms with E-state index in [4.69, 9.17) is 0 Å². The van der Waals surface area contributed by atoms with Gasteiger partial charge in [-0.15, -0.1) is 0 Å². The maximum Gasteiger partial charge on any atom is 0.235 e. The van der Waals surface area contributed by atoms with Gasteiger partial charge in [-0.1, -0.05) is 30.0 Å². The Morgan fingerprint density at radius 3 is 2.74 bits per heavy atom. The Morgan fingerprint density at radius 2 is 1.87 bits per heavy atom. The van der Waals surface area contributed by atoms with Gasteiger partial charge in [0.05, 0.1) is 23.6 Å². The van der Waals surface area contributed by atoms with Crippen LogP contribution in [0.1, 0.15) is 0 Å². The van der Waals surface area contributed by atoms with Crippen LogP contribution in [-0.2, 0) is 10.3 Å². The molecule has 0 saturated carbocycles. The molecule has 2 aromatic carbocycles. The Kier molecular flexibility index (Phi) is 3.76. The number of hydrogen-bond acceptors (Lipinski definition) is 5. The largest absolute Gasteiger partial charge is 0.352 e. The second kappa shape index (κ2) is 5.92. The van der Waals surface area contributed by atoms with Crippen LogP contribution in [0.3, 0.4) is 0 Å². The van der Waals surface area contributed by atoms with E-state index in [1.54, 1.807) is 11.8 Å². The second-order valence-corrected chi connectivity index (χ2v) is 7.35. The molecule has 2 aliphatic rings. The molecule has 1 saturated heterocycles. The number of hydrogen-bond donors (Lipinski definition) is 2. The highest BCUT2D eigenvalue weighted by Gasteiger charge is 2.25. The Labute approximate surface area is 140 Å². The lowest BCUT2D eigenvalue weighted by atomic mass is 10.2. The van der Waals surface area contributed by atoms with E-state index in [2.05, 4.69) is 22.8 Å². The third-order valence-corrected chi connectivity index (χ3v) is 5.83. The van der Waals surface area contributed by atoms with Crippen LogP contribution in [0.2, 0.25) is 0 Å². The highest BCUT2D eigenvalue weighted by atomic mass is 32.2. The summed E-state index contributed by atoms with van der Waals surface area (Å²) < 4.78 is 23.1. The van der Waals surface area contributed by atoms with Crippen molar-refractivity contribution in [1.29, 1.82) is 0 Å². The van der Waals surface area contributed by atoms with E-state index in [0.717, 1.165) is 28.5 Å². The molecule has 0 bridgehead atoms. The van der Waals surface area contributed by atoms with Crippen molar-refractivity contribution in [2.75, 3.05) is 29.9 Å². The first-order chi connectivity index (χ1) is 11.2. The average Bonchev–Trinajstić information content (AvgIpc) is 2.59. The summed E-state index contributed by atoms with van der Waals surface area (Å²) in [5.74, 6) is 0. The minimum Gasteiger partial charge on any atom is -0.352 e. The number of piperazine rings is 1. The molecule has 4 rings (SSSR count). The zero-order valence-electron chi connectivity index (χ0n) is 12.2. The zero-order valence-corrected chi connectivity index (χ0v) is 13.9. The molecule has 7 heteroatoms. The van der Waals surface area contributed by atoms with Gasteiger partial charge < -0.3 is 15.5 Å². The van der Waals surface area contributed by atoms with Crippen LogP contribution in [0.5, 0.6) is 0 Å². The molecule has 0 unspecified atom stereocenters. The molecule has 0 radical (unpaired) electrons. The van der Waals surface area contributed by atoms with Gasteiger partial charge in [0.1, 0.15) is 0 Å². The number of nitrogens with zero attached hydrogens (tertiary/aromatic N) is 1. The molecule has 118 valence electrons. The van der Waals surface area contributed by atoms with Crippen molar-refractivity contribution in [3.63, 3.8) is 0 Å². The molecule has 0 amide bonds. The van der Waals surface area contributed by atoms with Gasteiger partial charge in [0.25, 0.3) is 0 Å². The summed E-state index contributed by atoms with van der Waals surface area (Å²) in [6, 6.07) is 14.1. The quantitative estimate of drug-likeness (QED) is 0.660. The van der Waals surface area contributed by atoms with Gasteiger partial charge in [-0.2, -0.15) is 8.42 Å². The molecule has 0 aliphatic carbocycles. The van der Waals surface area contributed by atoms with Crippen molar-refractivity contribution >= 4 is 44.1 Å². The fourth-order valence-electron chi connectivity index (χ4n) is 2.88. The second-order valence-electron chi connectivity index (χ2n) is 5.33. The monoisotopic (exact) mass is 345 g/mol. The highest BCUT2D eigenvalue weighted by Crippen LogP contribution is 2.47. The van der Waals surface area contributed by atoms with Crippen LogP contribution in [0.15, 0.2) is 52.3 Å². The smallest absolute Gasteiger partial charge is 0.235 e. The molecule has 0 aromatic heterocycles. The summed E-state index contributed by atoms with van der Waals surface area (Å²) in [7, 11) is -2.23. The van der Waals surface area contributed by atoms with Gasteiger partial charge in [-0.05, 0) is 24.3 Å². The third-order valence-electron chi connectivity index (χ3n) is 3.94. The first-order valence-corrected chi connectivity index (χ1v) is 9.23. The summed E-state index contributed by atoms with van der Waals surface area (Å²) in [4.78, 5) is 4.56. The van der Waals surface area contributed by atoms with Gasteiger partial charge in [0.15, 0.2) is 4.99 Å². The van der Waals surface area contributed by atoms with Crippen LogP contribution >= 0.6 is 11.8 Å². The summed E-state index contributed by atoms with van der Waals surface area (Å²) in [6.07, 6.45) is 0. The fraction of sp³-hybridized carbons (Fsp3) is 0.188. The minimum atomic E-state index is -2.23. The number of rotatable bonds is 1. The Hall–Kier alpha value is -1.96. The molecular formula is C16H15N3O2S2. The van der Waals surface area contributed by atoms with Gasteiger partial charge in [0.2, 0.25) is 10.3 Å². The molecular weight excluding hydrogens is 330 g/mol. The molecule has 2 aromatic rings. The van der Waals surface area contributed by atoms with Crippen LogP contribution in [0, 0.1) is 0 Å². The van der Waals surface area contributed by atoms with Crippen LogP contribution in [0.4, 0.5) is 17.1 Å². The summed E-state index contributed by atoms with van der Waals surface area (Å²) >= 11 is 1.70. The number of para-hydroxylation sites is 2. The van der Waals surface area contributed by atoms with Gasteiger partial charge in [0, 0.05) is 22.9 Å². The molecule has 23 heavy (non-hydrogen) atoms. The van der Waals surface area contributed by atoms with E-state index < -0.39 is 10.3 Å². The van der Waals surface area contributed by atoms with Crippen molar-refractivity contribution in [3.8, 4) is 0 Å². The lowest BCUT2D eigenvalue weighted by Crippen LogP contribution is -2.49. The third kappa shape index (κ3) is 2.60. The molecule has 2 aliphatic heterocycles. The van der Waals surface area contributed by atoms with Crippen LogP contribution in [-0.4, -0.2) is 33.0 Å². The van der Waals surface area contributed by atoms with Crippen molar-refractivity contribution in [2.45, 2.75) is 9.79 Å². The van der Waals surface area contributed by atoms with Crippen molar-refractivity contribution in [3.05, 3.63) is 42.5 Å². The van der Waals surface area contributed by atoms with E-state index in [1.807, 2.05) is 35.2 Å². The normalized spacial score (nSPS) is 16.3. The van der Waals surface area contributed by atoms with Gasteiger partial charge >= 0.3 is 0 Å². The SMILES string of the molecule is O=S(=O)=C1CNCCN1c1cccc2c1Nc1ccccc1S2. The topological polar surface area (TPSA) is 61.4 Å². The van der Waals surface area contributed by atoms with E-state index in [0.29, 0.717) is 18.1 Å². The molecule has 0 atom stereocenters. The van der Waals surface area contributed by atoms with Crippen LogP contribution in [0.25, 0.3) is 0 Å². The predicted octanol–water partition coefficient (Wildman–Crippen LogP) is 2.31. The van der Waals surface area contributed by atoms with E-state index in [9.17, 15) is 8.42 Å². The zero-order chi connectivity index (χ0) is 15.8. The average molecular weight is 345 g/mol. The lowest BCUT2D eigenvalue weighted by Gasteiger charge is -2.33. The Bertz CT molecular complexity index is 901. The van der Waals surface area contributed by atoms with Gasteiger partial charge in [-0.3, -0.25) is 0 Å². The fourth-order valence-corrected chi connectivity index (χ4v) is 4.48. The number of fused-ring (bicyclic) bond motifs is 2. The first-order valence-electron chi connectivity index (χ1n) is 7.34. The highest BCUT2D eigenvalue weighted by molar-refractivity contribution is 7.99. The lowest BCUT2D eigenvalue weighted by molar-refractivity contribution is 0.624. The van der Waals surface area contributed by atoms with E-state index in [1.165, 1.54) is 4.90 Å². The maximum atomic E-state index is 11.6. The van der Waals surface area contributed by atoms with Crippen LogP contribution < -0.4 is 15.5 Å². The maximum absolute atomic E-state index is 11.6. The molecule has 1 fully saturated rings. The molecule has 2 heterocycles. The number of benzene rings is 2. The predicted molar refractivity (Wildman–Crippen MR) is 94.4 cm³/mol. The van der Waals surface area contributed by atoms with Crippen molar-refractivity contribution in [2.24, 2.45) is 0 Å². The first kappa shape index (κ1) is 14.6. The Balaban J connectivity index is 1.82. The van der Waals surface area contributed by atoms with Crippen molar-refractivity contribution < 1.29 is 8.42 Å². The van der Waals surface area contributed by atoms with E-state index in [-0.39, 0.29) is 0 Å². The molecule has 2 N–H and O–H groups in total.